The Morgan fingerprint density at radius 2 is 1.80 bits per heavy atom. The summed E-state index contributed by atoms with van der Waals surface area (Å²) in [6.07, 6.45) is 1.87. The van der Waals surface area contributed by atoms with Gasteiger partial charge in [-0.15, -0.1) is 0 Å². The minimum atomic E-state index is -0.609. The van der Waals surface area contributed by atoms with Gasteiger partial charge in [0.15, 0.2) is 0 Å². The fourth-order valence-electron chi connectivity index (χ4n) is 1.21. The third-order valence-corrected chi connectivity index (χ3v) is 2.23. The average molecular weight is 207 g/mol. The molecular formula is C11H10FNO2. The van der Waals surface area contributed by atoms with Crippen LogP contribution in [-0.2, 0) is 4.79 Å². The second-order valence-electron chi connectivity index (χ2n) is 3.58. The summed E-state index contributed by atoms with van der Waals surface area (Å²) in [5.74, 6) is -1.64. The highest BCUT2D eigenvalue weighted by Crippen LogP contribution is 2.18. The Hall–Kier alpha value is -1.71. The molecule has 1 fully saturated rings. The predicted octanol–water partition coefficient (Wildman–Crippen LogP) is 1.29. The molecule has 0 unspecified atom stereocenters. The smallest absolute Gasteiger partial charge is 0.292 e. The summed E-state index contributed by atoms with van der Waals surface area (Å²) in [6.45, 7) is 0. The highest BCUT2D eigenvalue weighted by atomic mass is 19.1. The van der Waals surface area contributed by atoms with Gasteiger partial charge in [-0.05, 0) is 37.1 Å². The van der Waals surface area contributed by atoms with Crippen LogP contribution in [0, 0.1) is 5.82 Å². The van der Waals surface area contributed by atoms with Crippen molar-refractivity contribution in [2.45, 2.75) is 18.9 Å². The van der Waals surface area contributed by atoms with Crippen LogP contribution in [-0.4, -0.2) is 17.7 Å². The number of ketones is 1. The van der Waals surface area contributed by atoms with Gasteiger partial charge in [0.2, 0.25) is 5.78 Å². The number of hydrogen-bond donors (Lipinski definition) is 1. The maximum absolute atomic E-state index is 12.6. The topological polar surface area (TPSA) is 46.2 Å². The number of benzene rings is 1. The highest BCUT2D eigenvalue weighted by Gasteiger charge is 2.26. The first kappa shape index (κ1) is 9.83. The molecule has 2 rings (SSSR count). The zero-order chi connectivity index (χ0) is 10.8. The van der Waals surface area contributed by atoms with E-state index in [1.807, 2.05) is 0 Å². The molecule has 0 spiro atoms. The molecule has 0 saturated heterocycles. The predicted molar refractivity (Wildman–Crippen MR) is 51.9 cm³/mol. The Morgan fingerprint density at radius 1 is 1.20 bits per heavy atom. The van der Waals surface area contributed by atoms with Crippen LogP contribution < -0.4 is 5.32 Å². The van der Waals surface area contributed by atoms with Crippen LogP contribution in [0.5, 0.6) is 0 Å². The van der Waals surface area contributed by atoms with E-state index in [0.29, 0.717) is 0 Å². The summed E-state index contributed by atoms with van der Waals surface area (Å²) < 4.78 is 12.6. The Kier molecular flexibility index (Phi) is 2.49. The monoisotopic (exact) mass is 207 g/mol. The SMILES string of the molecule is O=C(NC1CC1)C(=O)c1ccc(F)cc1. The average Bonchev–Trinajstić information content (AvgIpc) is 3.02. The quantitative estimate of drug-likeness (QED) is 0.599. The van der Waals surface area contributed by atoms with Gasteiger partial charge in [0.25, 0.3) is 5.91 Å². The van der Waals surface area contributed by atoms with Crippen molar-refractivity contribution >= 4 is 11.7 Å². The van der Waals surface area contributed by atoms with Gasteiger partial charge in [-0.1, -0.05) is 0 Å². The molecule has 15 heavy (non-hydrogen) atoms. The van der Waals surface area contributed by atoms with Gasteiger partial charge in [-0.25, -0.2) is 4.39 Å². The van der Waals surface area contributed by atoms with Crippen LogP contribution in [0.15, 0.2) is 24.3 Å². The van der Waals surface area contributed by atoms with Crippen molar-refractivity contribution in [3.63, 3.8) is 0 Å². The normalized spacial score (nSPS) is 14.7. The molecule has 1 aromatic carbocycles. The Labute approximate surface area is 86.3 Å². The lowest BCUT2D eigenvalue weighted by molar-refractivity contribution is -0.117. The molecule has 1 aromatic rings. The number of amides is 1. The van der Waals surface area contributed by atoms with E-state index in [1.54, 1.807) is 0 Å². The number of carbonyl (C=O) groups excluding carboxylic acids is 2. The molecule has 0 heterocycles. The van der Waals surface area contributed by atoms with Crippen LogP contribution in [0.1, 0.15) is 23.2 Å². The second-order valence-corrected chi connectivity index (χ2v) is 3.58. The van der Waals surface area contributed by atoms with Crippen molar-refractivity contribution in [2.24, 2.45) is 0 Å². The first-order valence-electron chi connectivity index (χ1n) is 4.77. The van der Waals surface area contributed by atoms with Gasteiger partial charge < -0.3 is 5.32 Å². The van der Waals surface area contributed by atoms with Crippen LogP contribution in [0.25, 0.3) is 0 Å². The van der Waals surface area contributed by atoms with Crippen LogP contribution in [0.2, 0.25) is 0 Å². The molecule has 1 amide bonds. The van der Waals surface area contributed by atoms with Crippen molar-refractivity contribution < 1.29 is 14.0 Å². The summed E-state index contributed by atoms with van der Waals surface area (Å²) >= 11 is 0. The van der Waals surface area contributed by atoms with Crippen LogP contribution in [0.4, 0.5) is 4.39 Å². The molecule has 4 heteroatoms. The molecule has 0 bridgehead atoms. The minimum absolute atomic E-state index is 0.155. The van der Waals surface area contributed by atoms with E-state index in [-0.39, 0.29) is 11.6 Å². The van der Waals surface area contributed by atoms with Gasteiger partial charge in [0, 0.05) is 11.6 Å². The van der Waals surface area contributed by atoms with E-state index in [0.717, 1.165) is 25.0 Å². The van der Waals surface area contributed by atoms with Gasteiger partial charge in [0.1, 0.15) is 5.82 Å². The van der Waals surface area contributed by atoms with Crippen molar-refractivity contribution in [1.29, 1.82) is 0 Å². The Bertz CT molecular complexity index is 396. The van der Waals surface area contributed by atoms with Gasteiger partial charge in [-0.2, -0.15) is 0 Å². The highest BCUT2D eigenvalue weighted by molar-refractivity contribution is 6.42. The molecule has 0 aliphatic heterocycles. The third-order valence-electron chi connectivity index (χ3n) is 2.23. The van der Waals surface area contributed by atoms with E-state index >= 15 is 0 Å². The zero-order valence-electron chi connectivity index (χ0n) is 8.00. The van der Waals surface area contributed by atoms with E-state index in [9.17, 15) is 14.0 Å². The first-order valence-corrected chi connectivity index (χ1v) is 4.77. The minimum Gasteiger partial charge on any atom is -0.346 e. The second kappa shape index (κ2) is 3.81. The summed E-state index contributed by atoms with van der Waals surface area (Å²) in [7, 11) is 0. The molecule has 1 saturated carbocycles. The molecule has 78 valence electrons. The molecule has 0 radical (unpaired) electrons. The molecular weight excluding hydrogens is 197 g/mol. The standard InChI is InChI=1S/C11H10FNO2/c12-8-3-1-7(2-4-8)10(14)11(15)13-9-5-6-9/h1-4,9H,5-6H2,(H,13,15). The first-order chi connectivity index (χ1) is 7.16. The summed E-state index contributed by atoms with van der Waals surface area (Å²) in [6, 6.07) is 5.10. The maximum atomic E-state index is 12.6. The lowest BCUT2D eigenvalue weighted by atomic mass is 10.1. The van der Waals surface area contributed by atoms with Crippen molar-refractivity contribution in [2.75, 3.05) is 0 Å². The van der Waals surface area contributed by atoms with Gasteiger partial charge in [-0.3, -0.25) is 9.59 Å². The van der Waals surface area contributed by atoms with E-state index < -0.39 is 17.5 Å². The summed E-state index contributed by atoms with van der Waals surface area (Å²) in [5, 5.41) is 2.58. The maximum Gasteiger partial charge on any atom is 0.292 e. The summed E-state index contributed by atoms with van der Waals surface area (Å²) in [5.41, 5.74) is 0.217. The van der Waals surface area contributed by atoms with Crippen molar-refractivity contribution in [3.05, 3.63) is 35.6 Å². The van der Waals surface area contributed by atoms with Gasteiger partial charge >= 0.3 is 0 Å². The molecule has 1 aliphatic rings. The Balaban J connectivity index is 2.05. The van der Waals surface area contributed by atoms with Crippen LogP contribution in [0.3, 0.4) is 0 Å². The number of nitrogens with one attached hydrogen (secondary N) is 1. The van der Waals surface area contributed by atoms with Gasteiger partial charge in [0.05, 0.1) is 0 Å². The van der Waals surface area contributed by atoms with E-state index in [4.69, 9.17) is 0 Å². The number of halogens is 1. The van der Waals surface area contributed by atoms with Crippen molar-refractivity contribution in [1.82, 2.24) is 5.32 Å². The van der Waals surface area contributed by atoms with E-state index in [1.165, 1.54) is 12.1 Å². The Morgan fingerprint density at radius 3 is 2.33 bits per heavy atom. The number of hydrogen-bond acceptors (Lipinski definition) is 2. The summed E-state index contributed by atoms with van der Waals surface area (Å²) in [4.78, 5) is 22.8. The van der Waals surface area contributed by atoms with E-state index in [2.05, 4.69) is 5.32 Å². The lowest BCUT2D eigenvalue weighted by Gasteiger charge is -2.01. The third kappa shape index (κ3) is 2.40. The van der Waals surface area contributed by atoms with Crippen LogP contribution >= 0.6 is 0 Å². The fraction of sp³-hybridized carbons (Fsp3) is 0.273. The van der Waals surface area contributed by atoms with Crippen molar-refractivity contribution in [3.8, 4) is 0 Å². The molecule has 1 aliphatic carbocycles. The largest absolute Gasteiger partial charge is 0.346 e. The molecule has 0 aromatic heterocycles. The lowest BCUT2D eigenvalue weighted by Crippen LogP contribution is -2.32. The number of rotatable bonds is 3. The zero-order valence-corrected chi connectivity index (χ0v) is 8.00. The number of carbonyl (C=O) groups is 2. The number of Topliss-reactive ketones (excluding diaryl/α,β-unsaturated/α-hetero) is 1. The fourth-order valence-corrected chi connectivity index (χ4v) is 1.21. The molecule has 1 N–H and O–H groups in total. The molecule has 0 atom stereocenters. The molecule has 3 nitrogen and oxygen atoms in total.